The summed E-state index contributed by atoms with van der Waals surface area (Å²) in [6.45, 7) is 5.56. The Kier molecular flexibility index (Phi) is 6.91. The fourth-order valence-corrected chi connectivity index (χ4v) is 3.26. The maximum absolute atomic E-state index is 12.7. The number of hydrogen-bond acceptors (Lipinski definition) is 6. The number of carbonyl (C=O) groups excluding carboxylic acids is 2. The molecule has 0 saturated heterocycles. The molecule has 0 N–H and O–H groups in total. The lowest BCUT2D eigenvalue weighted by molar-refractivity contribution is -0.144. The molecule has 0 saturated carbocycles. The predicted molar refractivity (Wildman–Crippen MR) is 100 cm³/mol. The van der Waals surface area contributed by atoms with Crippen molar-refractivity contribution in [3.05, 3.63) is 54.9 Å². The van der Waals surface area contributed by atoms with Crippen molar-refractivity contribution in [3.63, 3.8) is 0 Å². The fraction of sp³-hybridized carbons (Fsp3) is 0.316. The van der Waals surface area contributed by atoms with Gasteiger partial charge in [-0.1, -0.05) is 29.8 Å². The van der Waals surface area contributed by atoms with Crippen molar-refractivity contribution < 1.29 is 19.1 Å². The average molecular weight is 375 g/mol. The molecule has 0 atom stereocenters. The fourth-order valence-electron chi connectivity index (χ4n) is 2.23. The molecule has 0 fully saturated rings. The molecule has 26 heavy (non-hydrogen) atoms. The standard InChI is InChI=1S/C19H21NO5S/c1-4-24-17(21)11-16-20(12-18(22)25-5-2)19(23)15(26-16)10-14-8-6-13(3)7-9-14/h6-11H,4-5,12H2,1-3H3/b15-10+,16-11-. The van der Waals surface area contributed by atoms with Crippen LogP contribution in [0.1, 0.15) is 25.0 Å². The molecule has 1 heterocycles. The van der Waals surface area contributed by atoms with Crippen molar-refractivity contribution >= 4 is 35.4 Å². The third-order valence-electron chi connectivity index (χ3n) is 3.43. The van der Waals surface area contributed by atoms with E-state index in [4.69, 9.17) is 9.47 Å². The van der Waals surface area contributed by atoms with Gasteiger partial charge in [-0.05, 0) is 32.4 Å². The van der Waals surface area contributed by atoms with Crippen LogP contribution < -0.4 is 14.8 Å². The highest BCUT2D eigenvalue weighted by molar-refractivity contribution is 7.07. The van der Waals surface area contributed by atoms with E-state index in [0.29, 0.717) is 9.20 Å². The van der Waals surface area contributed by atoms with Crippen molar-refractivity contribution in [2.45, 2.75) is 27.3 Å². The number of ether oxygens (including phenoxy) is 2. The monoisotopic (exact) mass is 375 g/mol. The molecule has 0 radical (unpaired) electrons. The van der Waals surface area contributed by atoms with E-state index < -0.39 is 11.9 Å². The summed E-state index contributed by atoms with van der Waals surface area (Å²) in [5, 5.41) is 0. The summed E-state index contributed by atoms with van der Waals surface area (Å²) in [7, 11) is 0. The predicted octanol–water partition coefficient (Wildman–Crippen LogP) is 0.954. The maximum Gasteiger partial charge on any atom is 0.333 e. The van der Waals surface area contributed by atoms with Gasteiger partial charge in [0.05, 0.1) is 23.8 Å². The van der Waals surface area contributed by atoms with Gasteiger partial charge in [0.25, 0.3) is 5.56 Å². The van der Waals surface area contributed by atoms with Crippen LogP contribution in [-0.2, 0) is 25.6 Å². The number of benzene rings is 1. The van der Waals surface area contributed by atoms with Crippen LogP contribution in [0.5, 0.6) is 0 Å². The summed E-state index contributed by atoms with van der Waals surface area (Å²) < 4.78 is 11.8. The number of aromatic nitrogens is 1. The SMILES string of the molecule is CCOC(=O)/C=c1\s/c(=C/c2ccc(C)cc2)c(=O)n1CC(=O)OCC. The summed E-state index contributed by atoms with van der Waals surface area (Å²) in [4.78, 5) is 36.3. The third-order valence-corrected chi connectivity index (χ3v) is 4.49. The molecule has 6 nitrogen and oxygen atoms in total. The average Bonchev–Trinajstić information content (AvgIpc) is 2.86. The van der Waals surface area contributed by atoms with Crippen LogP contribution in [-0.4, -0.2) is 29.7 Å². The lowest BCUT2D eigenvalue weighted by Crippen LogP contribution is -2.35. The largest absolute Gasteiger partial charge is 0.465 e. The highest BCUT2D eigenvalue weighted by Crippen LogP contribution is 2.03. The lowest BCUT2D eigenvalue weighted by Gasteiger charge is -2.02. The first-order valence-corrected chi connectivity index (χ1v) is 9.08. The van der Waals surface area contributed by atoms with Gasteiger partial charge in [-0.15, -0.1) is 11.3 Å². The molecule has 0 unspecified atom stereocenters. The number of rotatable bonds is 6. The first-order valence-electron chi connectivity index (χ1n) is 8.26. The summed E-state index contributed by atoms with van der Waals surface area (Å²) in [6, 6.07) is 7.70. The maximum atomic E-state index is 12.7. The summed E-state index contributed by atoms with van der Waals surface area (Å²) in [5.74, 6) is -1.10. The van der Waals surface area contributed by atoms with E-state index in [0.717, 1.165) is 22.5 Å². The van der Waals surface area contributed by atoms with E-state index in [1.807, 2.05) is 31.2 Å². The Morgan fingerprint density at radius 1 is 1.12 bits per heavy atom. The Hall–Kier alpha value is -2.67. The Bertz CT molecular complexity index is 953. The molecule has 0 aliphatic rings. The van der Waals surface area contributed by atoms with Crippen LogP contribution in [0, 0.1) is 6.92 Å². The second-order valence-electron chi connectivity index (χ2n) is 5.45. The molecule has 0 aliphatic carbocycles. The second-order valence-corrected chi connectivity index (χ2v) is 6.51. The van der Waals surface area contributed by atoms with Gasteiger partial charge in [-0.2, -0.15) is 0 Å². The minimum atomic E-state index is -0.562. The van der Waals surface area contributed by atoms with Crippen LogP contribution >= 0.6 is 11.3 Å². The summed E-state index contributed by atoms with van der Waals surface area (Å²) >= 11 is 1.13. The smallest absolute Gasteiger partial charge is 0.333 e. The second kappa shape index (κ2) is 9.15. The minimum Gasteiger partial charge on any atom is -0.465 e. The van der Waals surface area contributed by atoms with Crippen molar-refractivity contribution in [1.82, 2.24) is 4.57 Å². The first kappa shape index (κ1) is 19.7. The van der Waals surface area contributed by atoms with E-state index in [-0.39, 0.29) is 25.3 Å². The topological polar surface area (TPSA) is 74.6 Å². The molecule has 0 spiro atoms. The lowest BCUT2D eigenvalue weighted by atomic mass is 10.1. The molecule has 1 aromatic heterocycles. The van der Waals surface area contributed by atoms with Crippen LogP contribution in [0.4, 0.5) is 0 Å². The molecule has 7 heteroatoms. The van der Waals surface area contributed by atoms with Crippen molar-refractivity contribution in [2.24, 2.45) is 0 Å². The van der Waals surface area contributed by atoms with E-state index in [1.165, 1.54) is 10.6 Å². The van der Waals surface area contributed by atoms with Gasteiger partial charge in [-0.3, -0.25) is 14.2 Å². The Morgan fingerprint density at radius 3 is 2.38 bits per heavy atom. The molecule has 0 bridgehead atoms. The van der Waals surface area contributed by atoms with Crippen LogP contribution in [0.3, 0.4) is 0 Å². The highest BCUT2D eigenvalue weighted by Gasteiger charge is 2.11. The molecule has 2 rings (SSSR count). The third kappa shape index (κ3) is 5.16. The minimum absolute atomic E-state index is 0.219. The van der Waals surface area contributed by atoms with Crippen LogP contribution in [0.15, 0.2) is 29.1 Å². The van der Waals surface area contributed by atoms with E-state index >= 15 is 0 Å². The Labute approximate surface area is 155 Å². The van der Waals surface area contributed by atoms with Crippen molar-refractivity contribution in [3.8, 4) is 0 Å². The van der Waals surface area contributed by atoms with Crippen molar-refractivity contribution in [1.29, 1.82) is 0 Å². The van der Waals surface area contributed by atoms with Gasteiger partial charge in [0.15, 0.2) is 0 Å². The Balaban J connectivity index is 2.55. The summed E-state index contributed by atoms with van der Waals surface area (Å²) in [5.41, 5.74) is 1.63. The van der Waals surface area contributed by atoms with Gasteiger partial charge in [0.1, 0.15) is 11.2 Å². The number of aryl methyl sites for hydroxylation is 1. The van der Waals surface area contributed by atoms with Gasteiger partial charge in [0, 0.05) is 0 Å². The quantitative estimate of drug-likeness (QED) is 0.703. The van der Waals surface area contributed by atoms with Crippen molar-refractivity contribution in [2.75, 3.05) is 13.2 Å². The van der Waals surface area contributed by atoms with Gasteiger partial charge in [-0.25, -0.2) is 4.79 Å². The van der Waals surface area contributed by atoms with Gasteiger partial charge < -0.3 is 9.47 Å². The first-order chi connectivity index (χ1) is 12.4. The highest BCUT2D eigenvalue weighted by atomic mass is 32.1. The van der Waals surface area contributed by atoms with Crippen LogP contribution in [0.2, 0.25) is 0 Å². The van der Waals surface area contributed by atoms with E-state index in [2.05, 4.69) is 0 Å². The normalized spacial score (nSPS) is 12.3. The molecule has 0 aliphatic heterocycles. The molecule has 2 aromatic rings. The Morgan fingerprint density at radius 2 is 1.77 bits per heavy atom. The number of esters is 2. The van der Waals surface area contributed by atoms with Crippen LogP contribution in [0.25, 0.3) is 12.2 Å². The molecule has 138 valence electrons. The molecule has 1 aromatic carbocycles. The zero-order valence-corrected chi connectivity index (χ0v) is 15.8. The van der Waals surface area contributed by atoms with Gasteiger partial charge >= 0.3 is 11.9 Å². The molecular formula is C19H21NO5S. The number of hydrogen-bond donors (Lipinski definition) is 0. The number of carbonyl (C=O) groups is 2. The summed E-state index contributed by atoms with van der Waals surface area (Å²) in [6.07, 6.45) is 2.96. The molecular weight excluding hydrogens is 354 g/mol. The zero-order chi connectivity index (χ0) is 19.1. The van der Waals surface area contributed by atoms with Gasteiger partial charge in [0.2, 0.25) is 0 Å². The zero-order valence-electron chi connectivity index (χ0n) is 15.0. The number of nitrogens with zero attached hydrogens (tertiary/aromatic N) is 1. The molecule has 0 amide bonds. The van der Waals surface area contributed by atoms with E-state index in [1.54, 1.807) is 19.9 Å². The van der Waals surface area contributed by atoms with E-state index in [9.17, 15) is 14.4 Å². The number of thiazole rings is 1.